The Balaban J connectivity index is 2.21. The first kappa shape index (κ1) is 15.6. The van der Waals surface area contributed by atoms with E-state index in [-0.39, 0.29) is 11.9 Å². The van der Waals surface area contributed by atoms with Gasteiger partial charge in [-0.15, -0.1) is 0 Å². The summed E-state index contributed by atoms with van der Waals surface area (Å²) < 4.78 is 13.2. The van der Waals surface area contributed by atoms with Gasteiger partial charge < -0.3 is 5.32 Å². The van der Waals surface area contributed by atoms with E-state index in [2.05, 4.69) is 23.3 Å². The van der Waals surface area contributed by atoms with E-state index in [0.717, 1.165) is 30.6 Å². The summed E-state index contributed by atoms with van der Waals surface area (Å²) in [6.45, 7) is 7.06. The van der Waals surface area contributed by atoms with Crippen molar-refractivity contribution in [3.8, 4) is 0 Å². The predicted octanol–water partition coefficient (Wildman–Crippen LogP) is 4.12. The number of hydrogen-bond donors (Lipinski definition) is 1. The van der Waals surface area contributed by atoms with E-state index in [9.17, 15) is 4.39 Å². The maximum Gasteiger partial charge on any atom is 0.123 e. The fourth-order valence-corrected chi connectivity index (χ4v) is 2.42. The molecule has 2 rings (SSSR count). The lowest BCUT2D eigenvalue weighted by molar-refractivity contribution is 0.526. The Labute approximate surface area is 126 Å². The fourth-order valence-electron chi connectivity index (χ4n) is 2.42. The lowest BCUT2D eigenvalue weighted by atomic mass is 9.96. The lowest BCUT2D eigenvalue weighted by Gasteiger charge is -2.20. The highest BCUT2D eigenvalue weighted by molar-refractivity contribution is 5.29. The first-order valence-electron chi connectivity index (χ1n) is 7.51. The van der Waals surface area contributed by atoms with Crippen molar-refractivity contribution in [1.82, 2.24) is 10.3 Å². The summed E-state index contributed by atoms with van der Waals surface area (Å²) in [7, 11) is 0. The van der Waals surface area contributed by atoms with Gasteiger partial charge in [0.1, 0.15) is 5.82 Å². The van der Waals surface area contributed by atoms with Crippen LogP contribution in [0.1, 0.15) is 41.8 Å². The molecule has 0 fully saturated rings. The Morgan fingerprint density at radius 1 is 1.19 bits per heavy atom. The molecule has 1 aromatic carbocycles. The Morgan fingerprint density at radius 3 is 2.62 bits per heavy atom. The molecule has 2 aromatic rings. The maximum absolute atomic E-state index is 13.2. The molecular weight excluding hydrogens is 263 g/mol. The molecule has 1 heterocycles. The zero-order valence-corrected chi connectivity index (χ0v) is 13.0. The quantitative estimate of drug-likeness (QED) is 0.864. The predicted molar refractivity (Wildman–Crippen MR) is 84.8 cm³/mol. The van der Waals surface area contributed by atoms with Crippen LogP contribution in [0.4, 0.5) is 4.39 Å². The van der Waals surface area contributed by atoms with Gasteiger partial charge in [0.05, 0.1) is 0 Å². The molecule has 1 N–H and O–H groups in total. The normalized spacial score (nSPS) is 12.4. The number of nitrogens with zero attached hydrogens (tertiary/aromatic N) is 1. The van der Waals surface area contributed by atoms with Crippen molar-refractivity contribution in [2.24, 2.45) is 0 Å². The van der Waals surface area contributed by atoms with E-state index >= 15 is 0 Å². The molecule has 2 nitrogen and oxygen atoms in total. The standard InChI is InChI=1S/C18H23FN2/c1-4-9-20-18(16-6-5-14(3)21-12-16)11-15-7-8-17(19)10-13(15)2/h5-8,10,12,18,20H,4,9,11H2,1-3H3. The largest absolute Gasteiger partial charge is 0.310 e. The molecule has 112 valence electrons. The number of rotatable bonds is 6. The summed E-state index contributed by atoms with van der Waals surface area (Å²) in [6, 6.07) is 9.38. The third-order valence-corrected chi connectivity index (χ3v) is 3.71. The number of aromatic nitrogens is 1. The van der Waals surface area contributed by atoms with Crippen LogP contribution in [0.3, 0.4) is 0 Å². The van der Waals surface area contributed by atoms with Crippen LogP contribution in [0.25, 0.3) is 0 Å². The highest BCUT2D eigenvalue weighted by Crippen LogP contribution is 2.21. The van der Waals surface area contributed by atoms with Gasteiger partial charge in [-0.05, 0) is 68.1 Å². The number of hydrogen-bond acceptors (Lipinski definition) is 2. The Morgan fingerprint density at radius 2 is 2.00 bits per heavy atom. The van der Waals surface area contributed by atoms with Crippen LogP contribution in [-0.4, -0.2) is 11.5 Å². The second kappa shape index (κ2) is 7.32. The molecular formula is C18H23FN2. The van der Waals surface area contributed by atoms with Crippen LogP contribution in [0, 0.1) is 19.7 Å². The number of nitrogens with one attached hydrogen (secondary N) is 1. The van der Waals surface area contributed by atoms with Crippen molar-refractivity contribution in [3.63, 3.8) is 0 Å². The van der Waals surface area contributed by atoms with Crippen LogP contribution in [0.2, 0.25) is 0 Å². The average Bonchev–Trinajstić information content (AvgIpc) is 2.46. The van der Waals surface area contributed by atoms with Gasteiger partial charge in [-0.3, -0.25) is 4.98 Å². The number of pyridine rings is 1. The van der Waals surface area contributed by atoms with Gasteiger partial charge in [-0.25, -0.2) is 4.39 Å². The van der Waals surface area contributed by atoms with Crippen molar-refractivity contribution < 1.29 is 4.39 Å². The minimum Gasteiger partial charge on any atom is -0.310 e. The van der Waals surface area contributed by atoms with Crippen molar-refractivity contribution >= 4 is 0 Å². The molecule has 1 aromatic heterocycles. The number of benzene rings is 1. The van der Waals surface area contributed by atoms with Gasteiger partial charge in [-0.2, -0.15) is 0 Å². The molecule has 0 aliphatic heterocycles. The molecule has 0 bridgehead atoms. The van der Waals surface area contributed by atoms with Crippen molar-refractivity contribution in [3.05, 3.63) is 64.7 Å². The second-order valence-corrected chi connectivity index (χ2v) is 5.51. The summed E-state index contributed by atoms with van der Waals surface area (Å²) in [5, 5.41) is 3.56. The topological polar surface area (TPSA) is 24.9 Å². The van der Waals surface area contributed by atoms with E-state index in [4.69, 9.17) is 0 Å². The van der Waals surface area contributed by atoms with E-state index in [1.165, 1.54) is 17.2 Å². The van der Waals surface area contributed by atoms with Gasteiger partial charge in [0.25, 0.3) is 0 Å². The average molecular weight is 286 g/mol. The van der Waals surface area contributed by atoms with Crippen molar-refractivity contribution in [1.29, 1.82) is 0 Å². The highest BCUT2D eigenvalue weighted by atomic mass is 19.1. The van der Waals surface area contributed by atoms with Gasteiger partial charge >= 0.3 is 0 Å². The summed E-state index contributed by atoms with van der Waals surface area (Å²) in [5.74, 6) is -0.175. The zero-order chi connectivity index (χ0) is 15.2. The van der Waals surface area contributed by atoms with Crippen LogP contribution in [0.5, 0.6) is 0 Å². The van der Waals surface area contributed by atoms with Gasteiger partial charge in [0, 0.05) is 17.9 Å². The Hall–Kier alpha value is -1.74. The molecule has 0 aliphatic rings. The molecule has 0 saturated carbocycles. The third kappa shape index (κ3) is 4.36. The Kier molecular flexibility index (Phi) is 5.45. The van der Waals surface area contributed by atoms with Gasteiger partial charge in [0.2, 0.25) is 0 Å². The summed E-state index contributed by atoms with van der Waals surface area (Å²) in [4.78, 5) is 4.39. The Bertz CT molecular complexity index is 578. The monoisotopic (exact) mass is 286 g/mol. The summed E-state index contributed by atoms with van der Waals surface area (Å²) in [5.41, 5.74) is 4.37. The molecule has 0 spiro atoms. The number of aryl methyl sites for hydroxylation is 2. The summed E-state index contributed by atoms with van der Waals surface area (Å²) in [6.07, 6.45) is 3.86. The fraction of sp³-hybridized carbons (Fsp3) is 0.389. The molecule has 0 saturated heterocycles. The lowest BCUT2D eigenvalue weighted by Crippen LogP contribution is -2.24. The van der Waals surface area contributed by atoms with Crippen molar-refractivity contribution in [2.75, 3.05) is 6.54 Å². The van der Waals surface area contributed by atoms with E-state index in [0.29, 0.717) is 0 Å². The molecule has 1 atom stereocenters. The molecule has 0 radical (unpaired) electrons. The smallest absolute Gasteiger partial charge is 0.123 e. The van der Waals surface area contributed by atoms with Crippen LogP contribution >= 0.6 is 0 Å². The van der Waals surface area contributed by atoms with Crippen LogP contribution in [-0.2, 0) is 6.42 Å². The van der Waals surface area contributed by atoms with Gasteiger partial charge in [0.15, 0.2) is 0 Å². The van der Waals surface area contributed by atoms with Crippen molar-refractivity contribution in [2.45, 2.75) is 39.7 Å². The molecule has 0 aliphatic carbocycles. The molecule has 21 heavy (non-hydrogen) atoms. The van der Waals surface area contributed by atoms with E-state index < -0.39 is 0 Å². The van der Waals surface area contributed by atoms with Crippen LogP contribution in [0.15, 0.2) is 36.5 Å². The van der Waals surface area contributed by atoms with Crippen LogP contribution < -0.4 is 5.32 Å². The zero-order valence-electron chi connectivity index (χ0n) is 13.0. The number of halogens is 1. The van der Waals surface area contributed by atoms with E-state index in [1.807, 2.05) is 32.2 Å². The first-order valence-corrected chi connectivity index (χ1v) is 7.51. The second-order valence-electron chi connectivity index (χ2n) is 5.51. The third-order valence-electron chi connectivity index (χ3n) is 3.71. The van der Waals surface area contributed by atoms with Gasteiger partial charge in [-0.1, -0.05) is 19.1 Å². The molecule has 1 unspecified atom stereocenters. The van der Waals surface area contributed by atoms with E-state index in [1.54, 1.807) is 6.07 Å². The first-order chi connectivity index (χ1) is 10.1. The minimum absolute atomic E-state index is 0.175. The summed E-state index contributed by atoms with van der Waals surface area (Å²) >= 11 is 0. The SMILES string of the molecule is CCCNC(Cc1ccc(F)cc1C)c1ccc(C)nc1. The highest BCUT2D eigenvalue weighted by Gasteiger charge is 2.13. The molecule has 0 amide bonds. The maximum atomic E-state index is 13.2. The minimum atomic E-state index is -0.175. The molecule has 3 heteroatoms.